The van der Waals surface area contributed by atoms with E-state index in [0.717, 1.165) is 0 Å². The third-order valence-electron chi connectivity index (χ3n) is 1.16. The van der Waals surface area contributed by atoms with Crippen molar-refractivity contribution < 1.29 is 9.18 Å². The fraction of sp³-hybridized carbons (Fsp3) is 0.125. The van der Waals surface area contributed by atoms with Crippen LogP contribution in [0, 0.1) is 5.82 Å². The SMILES string of the molecule is CC(=O)N[13c]1[13cH][13cH][13c](F)[13cH][13cH]1. The molecule has 11 heavy (non-hydrogen) atoms. The number of hydrogen-bond donors (Lipinski definition) is 1. The average Bonchev–Trinajstić information content (AvgIpc) is 1.93. The molecule has 1 rings (SSSR count). The molecule has 0 fully saturated rings. The minimum atomic E-state index is -0.306. The van der Waals surface area contributed by atoms with Gasteiger partial charge < -0.3 is 5.32 Å². The number of halogens is 1. The van der Waals surface area contributed by atoms with Gasteiger partial charge in [-0.3, -0.25) is 4.79 Å². The van der Waals surface area contributed by atoms with Crippen molar-refractivity contribution in [3.63, 3.8) is 0 Å². The molecule has 0 saturated carbocycles. The van der Waals surface area contributed by atoms with Crippen LogP contribution in [0.5, 0.6) is 0 Å². The zero-order valence-corrected chi connectivity index (χ0v) is 6.10. The Kier molecular flexibility index (Phi) is 2.21. The monoisotopic (exact) mass is 159 g/mol. The highest BCUT2D eigenvalue weighted by Gasteiger charge is 1.93. The molecule has 0 aliphatic heterocycles. The largest absolute Gasteiger partial charge is 0.326 e. The number of hydrogen-bond acceptors (Lipinski definition) is 1. The molecule has 0 atom stereocenters. The van der Waals surface area contributed by atoms with Crippen molar-refractivity contribution in [1.82, 2.24) is 0 Å². The molecular formula is C8H8FNO. The van der Waals surface area contributed by atoms with Crippen LogP contribution in [-0.4, -0.2) is 5.91 Å². The zero-order valence-electron chi connectivity index (χ0n) is 6.10. The van der Waals surface area contributed by atoms with Gasteiger partial charge in [-0.1, -0.05) is 0 Å². The highest BCUT2D eigenvalue weighted by molar-refractivity contribution is 5.88. The van der Waals surface area contributed by atoms with E-state index in [9.17, 15) is 9.18 Å². The summed E-state index contributed by atoms with van der Waals surface area (Å²) in [7, 11) is 0. The number of benzene rings is 1. The number of amides is 1. The van der Waals surface area contributed by atoms with E-state index in [-0.39, 0.29) is 11.7 Å². The lowest BCUT2D eigenvalue weighted by atomic mass is 10.7. The second kappa shape index (κ2) is 3.14. The molecule has 0 radical (unpaired) electrons. The lowest BCUT2D eigenvalue weighted by Crippen LogP contribution is -2.05. The Morgan fingerprint density at radius 3 is 2.36 bits per heavy atom. The van der Waals surface area contributed by atoms with Gasteiger partial charge >= 0.3 is 0 Å². The summed E-state index contributed by atoms with van der Waals surface area (Å²) in [6.45, 7) is 1.41. The number of nitrogens with one attached hydrogen (secondary N) is 1. The Morgan fingerprint density at radius 1 is 1.36 bits per heavy atom. The maximum absolute atomic E-state index is 12.3. The van der Waals surface area contributed by atoms with Crippen molar-refractivity contribution in [2.45, 2.75) is 6.92 Å². The van der Waals surface area contributed by atoms with Crippen LogP contribution in [0.1, 0.15) is 6.92 Å². The van der Waals surface area contributed by atoms with Crippen LogP contribution in [0.15, 0.2) is 24.3 Å². The normalized spacial score (nSPS) is 9.27. The van der Waals surface area contributed by atoms with E-state index in [1.807, 2.05) is 0 Å². The van der Waals surface area contributed by atoms with Gasteiger partial charge in [0.05, 0.1) is 0 Å². The van der Waals surface area contributed by atoms with Gasteiger partial charge in [0.25, 0.3) is 0 Å². The van der Waals surface area contributed by atoms with Crippen LogP contribution >= 0.6 is 0 Å². The minimum absolute atomic E-state index is 0.156. The fourth-order valence-electron chi connectivity index (χ4n) is 0.736. The number of carbonyl (C=O) groups excluding carboxylic acids is 1. The highest BCUT2D eigenvalue weighted by atomic mass is 19.2. The number of carbonyl (C=O) groups is 1. The second-order valence-electron chi connectivity index (χ2n) is 2.19. The molecule has 0 aliphatic rings. The molecule has 0 saturated heterocycles. The van der Waals surface area contributed by atoms with E-state index < -0.39 is 0 Å². The summed E-state index contributed by atoms with van der Waals surface area (Å²) in [5.74, 6) is -0.462. The zero-order chi connectivity index (χ0) is 8.27. The first-order chi connectivity index (χ1) is 5.18. The van der Waals surface area contributed by atoms with Crippen LogP contribution in [0.2, 0.25) is 0 Å². The molecule has 0 heterocycles. The maximum Gasteiger partial charge on any atom is 0.221 e. The van der Waals surface area contributed by atoms with Gasteiger partial charge in [0.1, 0.15) is 5.82 Å². The Bertz CT molecular complexity index is 255. The van der Waals surface area contributed by atoms with Gasteiger partial charge in [-0.15, -0.1) is 0 Å². The average molecular weight is 159 g/mol. The van der Waals surface area contributed by atoms with Gasteiger partial charge in [0, 0.05) is 12.6 Å². The topological polar surface area (TPSA) is 29.1 Å². The highest BCUT2D eigenvalue weighted by Crippen LogP contribution is 2.07. The van der Waals surface area contributed by atoms with Crippen molar-refractivity contribution in [1.29, 1.82) is 0 Å². The third-order valence-corrected chi connectivity index (χ3v) is 1.16. The molecular weight excluding hydrogens is 151 g/mol. The van der Waals surface area contributed by atoms with Gasteiger partial charge in [-0.25, -0.2) is 4.39 Å². The molecule has 2 nitrogen and oxygen atoms in total. The standard InChI is InChI=1S/C8H8FNO/c1-6(11)10-8-4-2-7(9)3-5-8/h2-5H,1H3,(H,10,11)/i2+1,3+1,4+1,5+1,7+1,8+1. The molecule has 0 aromatic heterocycles. The fourth-order valence-corrected chi connectivity index (χ4v) is 0.736. The Labute approximate surface area is 64.0 Å². The Balaban J connectivity index is 2.74. The van der Waals surface area contributed by atoms with Crippen molar-refractivity contribution in [3.8, 4) is 0 Å². The molecule has 3 heteroatoms. The van der Waals surface area contributed by atoms with Crippen LogP contribution in [-0.2, 0) is 4.79 Å². The van der Waals surface area contributed by atoms with Crippen LogP contribution in [0.4, 0.5) is 10.1 Å². The molecule has 1 N–H and O–H groups in total. The maximum atomic E-state index is 12.3. The van der Waals surface area contributed by atoms with Crippen molar-refractivity contribution in [3.05, 3.63) is 30.1 Å². The van der Waals surface area contributed by atoms with E-state index in [0.29, 0.717) is 5.69 Å². The van der Waals surface area contributed by atoms with Crippen molar-refractivity contribution in [2.24, 2.45) is 0 Å². The van der Waals surface area contributed by atoms with E-state index in [1.54, 1.807) is 0 Å². The molecule has 58 valence electrons. The second-order valence-corrected chi connectivity index (χ2v) is 2.19. The lowest BCUT2D eigenvalue weighted by molar-refractivity contribution is -0.114. The summed E-state index contributed by atoms with van der Waals surface area (Å²) in [5.41, 5.74) is 0.610. The molecule has 1 amide bonds. The molecule has 1 aromatic carbocycles. The molecule has 0 bridgehead atoms. The van der Waals surface area contributed by atoms with E-state index in [1.165, 1.54) is 31.2 Å². The van der Waals surface area contributed by atoms with Crippen LogP contribution in [0.25, 0.3) is 0 Å². The summed E-state index contributed by atoms with van der Waals surface area (Å²) in [5, 5.41) is 2.53. The lowest BCUT2D eigenvalue weighted by Gasteiger charge is -1.99. The predicted octanol–water partition coefficient (Wildman–Crippen LogP) is 1.78. The van der Waals surface area contributed by atoms with Crippen LogP contribution in [0.3, 0.4) is 0 Å². The van der Waals surface area contributed by atoms with Crippen LogP contribution < -0.4 is 5.32 Å². The summed E-state index contributed by atoms with van der Waals surface area (Å²) in [6, 6.07) is 5.62. The Hall–Kier alpha value is -1.38. The minimum Gasteiger partial charge on any atom is -0.326 e. The van der Waals surface area contributed by atoms with Crippen molar-refractivity contribution >= 4 is 11.6 Å². The molecule has 0 unspecified atom stereocenters. The van der Waals surface area contributed by atoms with E-state index in [4.69, 9.17) is 0 Å². The first-order valence-corrected chi connectivity index (χ1v) is 3.21. The quantitative estimate of drug-likeness (QED) is 0.664. The Morgan fingerprint density at radius 2 is 1.91 bits per heavy atom. The number of anilines is 1. The molecule has 0 spiro atoms. The summed E-state index contributed by atoms with van der Waals surface area (Å²) >= 11 is 0. The van der Waals surface area contributed by atoms with Gasteiger partial charge in [0.15, 0.2) is 0 Å². The van der Waals surface area contributed by atoms with Gasteiger partial charge in [-0.2, -0.15) is 0 Å². The van der Waals surface area contributed by atoms with Crippen molar-refractivity contribution in [2.75, 3.05) is 5.32 Å². The van der Waals surface area contributed by atoms with E-state index in [2.05, 4.69) is 5.32 Å². The first-order valence-electron chi connectivity index (χ1n) is 3.21. The van der Waals surface area contributed by atoms with Gasteiger partial charge in [0.2, 0.25) is 5.91 Å². The molecule has 0 aliphatic carbocycles. The summed E-state index contributed by atoms with van der Waals surface area (Å²) in [6.07, 6.45) is 0. The van der Waals surface area contributed by atoms with E-state index >= 15 is 0 Å². The third kappa shape index (κ3) is 2.37. The first kappa shape index (κ1) is 7.72. The van der Waals surface area contributed by atoms with Gasteiger partial charge in [-0.05, 0) is 24.3 Å². The summed E-state index contributed by atoms with van der Waals surface area (Å²) < 4.78 is 12.3. The number of rotatable bonds is 1. The molecule has 1 aromatic rings. The predicted molar refractivity (Wildman–Crippen MR) is 40.7 cm³/mol. The summed E-state index contributed by atoms with van der Waals surface area (Å²) in [4.78, 5) is 10.5. The smallest absolute Gasteiger partial charge is 0.221 e.